The fraction of sp³-hybridized carbons (Fsp3) is 0.133. The molecule has 2 aromatic rings. The average Bonchev–Trinajstić information content (AvgIpc) is 2.40. The molecule has 0 aliphatic heterocycles. The van der Waals surface area contributed by atoms with Crippen molar-refractivity contribution in [2.24, 2.45) is 0 Å². The molecule has 1 amide bonds. The van der Waals surface area contributed by atoms with Crippen molar-refractivity contribution in [1.29, 1.82) is 0 Å². The third-order valence-electron chi connectivity index (χ3n) is 2.84. The van der Waals surface area contributed by atoms with E-state index in [0.29, 0.717) is 11.3 Å². The molecule has 109 valence electrons. The molecule has 0 aliphatic carbocycles. The van der Waals surface area contributed by atoms with E-state index >= 15 is 0 Å². The highest BCUT2D eigenvalue weighted by molar-refractivity contribution is 5.79. The van der Waals surface area contributed by atoms with E-state index in [4.69, 9.17) is 5.73 Å². The van der Waals surface area contributed by atoms with Crippen LogP contribution in [0.5, 0.6) is 0 Å². The van der Waals surface area contributed by atoms with Crippen LogP contribution in [0.2, 0.25) is 0 Å². The summed E-state index contributed by atoms with van der Waals surface area (Å²) in [6, 6.07) is 11.5. The number of halogens is 3. The summed E-state index contributed by atoms with van der Waals surface area (Å²) in [5, 5.41) is 2.85. The lowest BCUT2D eigenvalue weighted by molar-refractivity contribution is -0.137. The molecule has 2 N–H and O–H groups in total. The van der Waals surface area contributed by atoms with Gasteiger partial charge in [0.2, 0.25) is 5.91 Å². The van der Waals surface area contributed by atoms with Crippen LogP contribution in [-0.4, -0.2) is 5.91 Å². The summed E-state index contributed by atoms with van der Waals surface area (Å²) in [4.78, 5) is 10.9. The van der Waals surface area contributed by atoms with Crippen LogP contribution in [0.1, 0.15) is 11.1 Å². The van der Waals surface area contributed by atoms with Gasteiger partial charge in [-0.1, -0.05) is 24.3 Å². The lowest BCUT2D eigenvalue weighted by Gasteiger charge is -2.13. The highest BCUT2D eigenvalue weighted by Gasteiger charge is 2.30. The first-order valence-electron chi connectivity index (χ1n) is 6.13. The molecule has 0 bridgehead atoms. The molecule has 0 saturated heterocycles. The lowest BCUT2D eigenvalue weighted by Crippen LogP contribution is -2.07. The zero-order chi connectivity index (χ0) is 15.5. The number of anilines is 2. The number of hydrogen-bond donors (Lipinski definition) is 1. The van der Waals surface area contributed by atoms with Gasteiger partial charge in [0, 0.05) is 11.4 Å². The monoisotopic (exact) mass is 293 g/mol. The van der Waals surface area contributed by atoms with Crippen molar-refractivity contribution in [3.63, 3.8) is 0 Å². The van der Waals surface area contributed by atoms with Crippen LogP contribution in [0.4, 0.5) is 24.5 Å². The second-order valence-corrected chi connectivity index (χ2v) is 4.46. The van der Waals surface area contributed by atoms with Gasteiger partial charge in [-0.3, -0.25) is 10.5 Å². The predicted octanol–water partition coefficient (Wildman–Crippen LogP) is 3.80. The van der Waals surface area contributed by atoms with Gasteiger partial charge in [-0.25, -0.2) is 0 Å². The van der Waals surface area contributed by atoms with Crippen molar-refractivity contribution in [2.45, 2.75) is 12.6 Å². The van der Waals surface area contributed by atoms with Crippen LogP contribution < -0.4 is 11.1 Å². The summed E-state index contributed by atoms with van der Waals surface area (Å²) >= 11 is 0. The lowest BCUT2D eigenvalue weighted by atomic mass is 10.1. The number of benzene rings is 2. The Labute approximate surface area is 119 Å². The van der Waals surface area contributed by atoms with Crippen molar-refractivity contribution < 1.29 is 18.0 Å². The first kappa shape index (κ1) is 14.9. The van der Waals surface area contributed by atoms with Crippen molar-refractivity contribution in [1.82, 2.24) is 5.73 Å². The summed E-state index contributed by atoms with van der Waals surface area (Å²) in [5.74, 6) is -0.756. The first-order valence-corrected chi connectivity index (χ1v) is 6.13. The molecule has 0 unspecified atom stereocenters. The minimum atomic E-state index is -4.41. The number of para-hydroxylation sites is 1. The van der Waals surface area contributed by atoms with Gasteiger partial charge in [-0.2, -0.15) is 13.2 Å². The quantitative estimate of drug-likeness (QED) is 0.932. The van der Waals surface area contributed by atoms with Crippen LogP contribution >= 0.6 is 0 Å². The minimum absolute atomic E-state index is 0.0951. The Hall–Kier alpha value is -2.50. The molecule has 2 aromatic carbocycles. The van der Waals surface area contributed by atoms with Gasteiger partial charge >= 0.3 is 6.18 Å². The van der Waals surface area contributed by atoms with Crippen molar-refractivity contribution in [3.05, 3.63) is 59.7 Å². The molecular weight excluding hydrogens is 281 g/mol. The van der Waals surface area contributed by atoms with E-state index in [1.165, 1.54) is 12.1 Å². The topological polar surface area (TPSA) is 52.9 Å². The summed E-state index contributed by atoms with van der Waals surface area (Å²) in [5.41, 5.74) is 7.59. The SMILES string of the molecule is [NH]C(=O)Cc1ccccc1Nc1cccc(C(F)(F)F)c1. The van der Waals surface area contributed by atoms with Crippen LogP contribution in [-0.2, 0) is 17.4 Å². The van der Waals surface area contributed by atoms with Crippen LogP contribution in [0, 0.1) is 0 Å². The van der Waals surface area contributed by atoms with Gasteiger partial charge < -0.3 is 5.32 Å². The summed E-state index contributed by atoms with van der Waals surface area (Å²) in [6.45, 7) is 0. The molecule has 2 rings (SSSR count). The Bertz CT molecular complexity index is 653. The van der Waals surface area contributed by atoms with E-state index in [1.54, 1.807) is 24.3 Å². The number of carbonyl (C=O) groups is 1. The largest absolute Gasteiger partial charge is 0.416 e. The fourth-order valence-electron chi connectivity index (χ4n) is 1.90. The summed E-state index contributed by atoms with van der Waals surface area (Å²) < 4.78 is 38.0. The van der Waals surface area contributed by atoms with E-state index in [1.807, 2.05) is 0 Å². The summed E-state index contributed by atoms with van der Waals surface area (Å²) in [7, 11) is 0. The Kier molecular flexibility index (Phi) is 4.16. The summed E-state index contributed by atoms with van der Waals surface area (Å²) in [6.07, 6.45) is -4.50. The fourth-order valence-corrected chi connectivity index (χ4v) is 1.90. The Balaban J connectivity index is 2.28. The third kappa shape index (κ3) is 3.98. The Morgan fingerprint density at radius 1 is 1.10 bits per heavy atom. The molecule has 0 saturated carbocycles. The highest BCUT2D eigenvalue weighted by Crippen LogP contribution is 2.31. The highest BCUT2D eigenvalue weighted by atomic mass is 19.4. The van der Waals surface area contributed by atoms with E-state index in [9.17, 15) is 18.0 Å². The smallest absolute Gasteiger partial charge is 0.355 e. The Morgan fingerprint density at radius 2 is 1.81 bits per heavy atom. The number of rotatable bonds is 4. The molecule has 21 heavy (non-hydrogen) atoms. The molecule has 0 heterocycles. The minimum Gasteiger partial charge on any atom is -0.355 e. The number of hydrogen-bond acceptors (Lipinski definition) is 2. The van der Waals surface area contributed by atoms with E-state index < -0.39 is 17.6 Å². The third-order valence-corrected chi connectivity index (χ3v) is 2.84. The average molecular weight is 293 g/mol. The van der Waals surface area contributed by atoms with E-state index in [-0.39, 0.29) is 12.1 Å². The van der Waals surface area contributed by atoms with Crippen molar-refractivity contribution in [2.75, 3.05) is 5.32 Å². The van der Waals surface area contributed by atoms with Crippen LogP contribution in [0.15, 0.2) is 48.5 Å². The molecule has 1 radical (unpaired) electrons. The standard InChI is InChI=1S/C15H12F3N2O/c16-15(17,18)11-5-3-6-12(9-11)20-13-7-2-1-4-10(13)8-14(19)21/h1-7,9,19-20H,8H2. The molecule has 3 nitrogen and oxygen atoms in total. The van der Waals surface area contributed by atoms with E-state index in [0.717, 1.165) is 12.1 Å². The number of amides is 1. The van der Waals surface area contributed by atoms with Crippen molar-refractivity contribution >= 4 is 17.3 Å². The van der Waals surface area contributed by atoms with Gasteiger partial charge in [0.1, 0.15) is 0 Å². The van der Waals surface area contributed by atoms with Crippen LogP contribution in [0.3, 0.4) is 0 Å². The maximum Gasteiger partial charge on any atom is 0.416 e. The van der Waals surface area contributed by atoms with Gasteiger partial charge in [0.15, 0.2) is 0 Å². The predicted molar refractivity (Wildman–Crippen MR) is 73.0 cm³/mol. The normalized spacial score (nSPS) is 11.2. The second-order valence-electron chi connectivity index (χ2n) is 4.46. The molecule has 0 atom stereocenters. The molecular formula is C15H12F3N2O. The molecule has 0 aromatic heterocycles. The van der Waals surface area contributed by atoms with Crippen molar-refractivity contribution in [3.8, 4) is 0 Å². The van der Waals surface area contributed by atoms with Gasteiger partial charge in [-0.05, 0) is 29.8 Å². The van der Waals surface area contributed by atoms with Crippen LogP contribution in [0.25, 0.3) is 0 Å². The zero-order valence-corrected chi connectivity index (χ0v) is 10.9. The maximum atomic E-state index is 12.7. The second kappa shape index (κ2) is 5.87. The molecule has 0 spiro atoms. The van der Waals surface area contributed by atoms with Gasteiger partial charge in [-0.15, -0.1) is 0 Å². The van der Waals surface area contributed by atoms with Gasteiger partial charge in [0.25, 0.3) is 0 Å². The zero-order valence-electron chi connectivity index (χ0n) is 10.9. The maximum absolute atomic E-state index is 12.7. The molecule has 0 aliphatic rings. The van der Waals surface area contributed by atoms with Gasteiger partial charge in [0.05, 0.1) is 12.0 Å². The first-order chi connectivity index (χ1) is 9.86. The number of nitrogens with one attached hydrogen (secondary N) is 2. The molecule has 6 heteroatoms. The van der Waals surface area contributed by atoms with E-state index in [2.05, 4.69) is 5.32 Å². The Morgan fingerprint density at radius 3 is 2.48 bits per heavy atom. The number of alkyl halides is 3. The number of carbonyl (C=O) groups excluding carboxylic acids is 1. The molecule has 0 fully saturated rings.